The molecule has 0 fully saturated rings. The number of carbonyl (C=O) groups is 3. The first-order valence-electron chi connectivity index (χ1n) is 17.8. The fourth-order valence-corrected chi connectivity index (χ4v) is 7.85. The summed E-state index contributed by atoms with van der Waals surface area (Å²) in [5.74, 6) is -3.42. The summed E-state index contributed by atoms with van der Waals surface area (Å²) < 4.78 is 180. The molecule has 2 heterocycles. The van der Waals surface area contributed by atoms with Crippen molar-refractivity contribution in [3.63, 3.8) is 0 Å². The maximum Gasteiger partial charge on any atom is 0.411 e. The van der Waals surface area contributed by atoms with Crippen LogP contribution in [0.1, 0.15) is 106 Å². The standard InChI is InChI=1S/C42H34F12N2O3/c1-35(2,3)23-7-9-24(10-8-23)37(39(43,44)45,40(46,47)48)25-11-15-28(16-12-25)56-33(58)30-18-14-27(20-31(30)34(56)59)38(41(49,50)51,42(52,53)54)26-13-17-29-22(19-26)21-55(32(29)57)36(4,5)6/h7-20H,21H2,1-6H3. The lowest BCUT2D eigenvalue weighted by Crippen LogP contribution is -2.55. The summed E-state index contributed by atoms with van der Waals surface area (Å²) in [6, 6.07) is 8.76. The number of imide groups is 1. The predicted molar refractivity (Wildman–Crippen MR) is 191 cm³/mol. The molecule has 314 valence electrons. The second-order valence-electron chi connectivity index (χ2n) is 16.5. The van der Waals surface area contributed by atoms with E-state index in [0.29, 0.717) is 66.2 Å². The zero-order chi connectivity index (χ0) is 44.3. The molecule has 0 unspecified atom stereocenters. The van der Waals surface area contributed by atoms with Crippen molar-refractivity contribution in [3.05, 3.63) is 135 Å². The van der Waals surface area contributed by atoms with Crippen LogP contribution in [0.3, 0.4) is 0 Å². The molecule has 5 nitrogen and oxygen atoms in total. The van der Waals surface area contributed by atoms with Crippen molar-refractivity contribution in [2.45, 2.75) is 94.6 Å². The zero-order valence-corrected chi connectivity index (χ0v) is 31.9. The van der Waals surface area contributed by atoms with Crippen LogP contribution in [0.15, 0.2) is 84.9 Å². The van der Waals surface area contributed by atoms with E-state index in [-0.39, 0.29) is 28.6 Å². The van der Waals surface area contributed by atoms with Crippen molar-refractivity contribution in [2.75, 3.05) is 4.90 Å². The number of fused-ring (bicyclic) bond motifs is 2. The average Bonchev–Trinajstić information content (AvgIpc) is 3.55. The molecule has 0 bridgehead atoms. The number of hydrogen-bond acceptors (Lipinski definition) is 3. The molecule has 4 aromatic rings. The molecule has 0 N–H and O–H groups in total. The quantitative estimate of drug-likeness (QED) is 0.149. The van der Waals surface area contributed by atoms with Gasteiger partial charge in [0.05, 0.1) is 16.8 Å². The number of anilines is 1. The lowest BCUT2D eigenvalue weighted by Gasteiger charge is -2.38. The topological polar surface area (TPSA) is 57.7 Å². The largest absolute Gasteiger partial charge is 0.411 e. The molecule has 0 atom stereocenters. The SMILES string of the molecule is CC(C)(C)c1ccc(C(c2ccc(N3C(=O)c4ccc(C(c5ccc6c(c5)CN(C(C)(C)C)C6=O)(C(F)(F)F)C(F)(F)F)cc4C3=O)cc2)(C(F)(F)F)C(F)(F)F)cc1. The van der Waals surface area contributed by atoms with Gasteiger partial charge in [0.25, 0.3) is 17.7 Å². The molecular weight excluding hydrogens is 808 g/mol. The Morgan fingerprint density at radius 3 is 1.24 bits per heavy atom. The molecule has 3 amide bonds. The molecule has 2 aliphatic rings. The minimum Gasteiger partial charge on any atom is -0.329 e. The number of halogens is 12. The van der Waals surface area contributed by atoms with Crippen molar-refractivity contribution >= 4 is 23.4 Å². The number of carbonyl (C=O) groups excluding carboxylic acids is 3. The minimum atomic E-state index is -6.14. The van der Waals surface area contributed by atoms with Gasteiger partial charge in [0.1, 0.15) is 0 Å². The highest BCUT2D eigenvalue weighted by molar-refractivity contribution is 6.34. The van der Waals surface area contributed by atoms with E-state index in [2.05, 4.69) is 0 Å². The van der Waals surface area contributed by atoms with E-state index in [1.54, 1.807) is 41.5 Å². The van der Waals surface area contributed by atoms with Gasteiger partial charge in [-0.15, -0.1) is 0 Å². The van der Waals surface area contributed by atoms with Crippen LogP contribution in [0.2, 0.25) is 0 Å². The maximum absolute atomic E-state index is 15.2. The van der Waals surface area contributed by atoms with Gasteiger partial charge in [-0.05, 0) is 89.9 Å². The maximum atomic E-state index is 15.2. The highest BCUT2D eigenvalue weighted by Gasteiger charge is 2.74. The number of amides is 3. The molecule has 17 heteroatoms. The third-order valence-electron chi connectivity index (χ3n) is 10.9. The van der Waals surface area contributed by atoms with Crippen LogP contribution in [0, 0.1) is 0 Å². The van der Waals surface area contributed by atoms with Gasteiger partial charge in [0, 0.05) is 17.6 Å². The molecule has 0 spiro atoms. The monoisotopic (exact) mass is 842 g/mol. The first-order valence-corrected chi connectivity index (χ1v) is 17.8. The summed E-state index contributed by atoms with van der Waals surface area (Å²) in [5.41, 5.74) is -18.4. The molecule has 6 rings (SSSR count). The van der Waals surface area contributed by atoms with Crippen molar-refractivity contribution in [3.8, 4) is 0 Å². The number of alkyl halides is 12. The lowest BCUT2D eigenvalue weighted by molar-refractivity contribution is -0.290. The van der Waals surface area contributed by atoms with Crippen LogP contribution >= 0.6 is 0 Å². The highest BCUT2D eigenvalue weighted by Crippen LogP contribution is 2.58. The Morgan fingerprint density at radius 1 is 0.424 bits per heavy atom. The van der Waals surface area contributed by atoms with E-state index in [9.17, 15) is 40.7 Å². The fourth-order valence-electron chi connectivity index (χ4n) is 7.85. The highest BCUT2D eigenvalue weighted by atomic mass is 19.4. The van der Waals surface area contributed by atoms with Crippen molar-refractivity contribution in [2.24, 2.45) is 0 Å². The Morgan fingerprint density at radius 2 is 0.797 bits per heavy atom. The Bertz CT molecular complexity index is 2320. The Balaban J connectivity index is 1.44. The Labute approximate surface area is 329 Å². The predicted octanol–water partition coefficient (Wildman–Crippen LogP) is 11.4. The van der Waals surface area contributed by atoms with Crippen LogP contribution in [0.5, 0.6) is 0 Å². The van der Waals surface area contributed by atoms with Gasteiger partial charge < -0.3 is 4.90 Å². The van der Waals surface area contributed by atoms with Gasteiger partial charge in [0.15, 0.2) is 0 Å². The van der Waals surface area contributed by atoms with Gasteiger partial charge in [0.2, 0.25) is 10.8 Å². The van der Waals surface area contributed by atoms with Crippen LogP contribution in [-0.2, 0) is 22.8 Å². The molecule has 0 saturated carbocycles. The number of hydrogen-bond donors (Lipinski definition) is 0. The van der Waals surface area contributed by atoms with Gasteiger partial charge in [-0.2, -0.15) is 52.7 Å². The fraction of sp³-hybridized carbons (Fsp3) is 0.357. The minimum absolute atomic E-state index is 0.112. The third-order valence-corrected chi connectivity index (χ3v) is 10.9. The zero-order valence-electron chi connectivity index (χ0n) is 31.9. The summed E-state index contributed by atoms with van der Waals surface area (Å²) >= 11 is 0. The molecule has 0 aliphatic carbocycles. The third kappa shape index (κ3) is 6.46. The van der Waals surface area contributed by atoms with Crippen LogP contribution in [-0.4, -0.2) is 52.9 Å². The van der Waals surface area contributed by atoms with Gasteiger partial charge in [-0.1, -0.05) is 75.4 Å². The summed E-state index contributed by atoms with van der Waals surface area (Å²) in [5, 5.41) is 0. The van der Waals surface area contributed by atoms with Gasteiger partial charge in [-0.3, -0.25) is 14.4 Å². The number of benzene rings is 4. The van der Waals surface area contributed by atoms with Crippen molar-refractivity contribution < 1.29 is 67.1 Å². The van der Waals surface area contributed by atoms with Gasteiger partial charge >= 0.3 is 24.7 Å². The first kappa shape index (κ1) is 43.2. The van der Waals surface area contributed by atoms with Crippen LogP contribution in [0.4, 0.5) is 58.4 Å². The summed E-state index contributed by atoms with van der Waals surface area (Å²) in [4.78, 5) is 41.7. The molecule has 4 aromatic carbocycles. The van der Waals surface area contributed by atoms with E-state index in [0.717, 1.165) is 18.2 Å². The molecule has 2 aliphatic heterocycles. The molecule has 0 radical (unpaired) electrons. The normalized spacial score (nSPS) is 15.9. The van der Waals surface area contributed by atoms with Gasteiger partial charge in [-0.25, -0.2) is 4.90 Å². The van der Waals surface area contributed by atoms with E-state index in [4.69, 9.17) is 0 Å². The lowest BCUT2D eigenvalue weighted by atomic mass is 9.71. The van der Waals surface area contributed by atoms with Crippen LogP contribution < -0.4 is 4.90 Å². The summed E-state index contributed by atoms with van der Waals surface area (Å²) in [6.45, 7) is 9.66. The molecule has 0 aromatic heterocycles. The Hall–Kier alpha value is -5.35. The van der Waals surface area contributed by atoms with E-state index < -0.39 is 103 Å². The number of rotatable bonds is 5. The average molecular weight is 843 g/mol. The second-order valence-corrected chi connectivity index (χ2v) is 16.5. The summed E-state index contributed by atoms with van der Waals surface area (Å²) in [7, 11) is 0. The van der Waals surface area contributed by atoms with Crippen molar-refractivity contribution in [1.29, 1.82) is 0 Å². The van der Waals surface area contributed by atoms with Crippen molar-refractivity contribution in [1.82, 2.24) is 4.90 Å². The molecule has 0 saturated heterocycles. The summed E-state index contributed by atoms with van der Waals surface area (Å²) in [6.07, 6.45) is -24.3. The smallest absolute Gasteiger partial charge is 0.329 e. The van der Waals surface area contributed by atoms with E-state index >= 15 is 26.3 Å². The first-order chi connectivity index (χ1) is 26.8. The van der Waals surface area contributed by atoms with E-state index in [1.807, 2.05) is 0 Å². The Kier molecular flexibility index (Phi) is 9.77. The number of nitrogens with zero attached hydrogens (tertiary/aromatic N) is 2. The molecule has 59 heavy (non-hydrogen) atoms. The van der Waals surface area contributed by atoms with Crippen LogP contribution in [0.25, 0.3) is 0 Å². The molecular formula is C42H34F12N2O3. The second kappa shape index (κ2) is 13.3. The van der Waals surface area contributed by atoms with E-state index in [1.165, 1.54) is 4.90 Å².